The molecule has 1 aromatic carbocycles. The highest BCUT2D eigenvalue weighted by Crippen LogP contribution is 2.22. The van der Waals surface area contributed by atoms with Crippen molar-refractivity contribution in [1.29, 1.82) is 0 Å². The lowest BCUT2D eigenvalue weighted by atomic mass is 10.0. The molecule has 0 aliphatic carbocycles. The summed E-state index contributed by atoms with van der Waals surface area (Å²) in [7, 11) is 1.87. The molecular formula is C14H20FN3O. The molecule has 4 nitrogen and oxygen atoms in total. The number of hydrogen-bond donors (Lipinski definition) is 2. The number of likely N-dealkylation sites (N-methyl/N-ethyl adjacent to an activating group) is 1. The zero-order valence-corrected chi connectivity index (χ0v) is 11.5. The molecule has 0 saturated carbocycles. The number of benzene rings is 1. The summed E-state index contributed by atoms with van der Waals surface area (Å²) in [5.41, 5.74) is 0.659. The van der Waals surface area contributed by atoms with Gasteiger partial charge in [-0.2, -0.15) is 0 Å². The van der Waals surface area contributed by atoms with E-state index in [4.69, 9.17) is 0 Å². The van der Waals surface area contributed by atoms with Crippen LogP contribution in [0.3, 0.4) is 0 Å². The molecular weight excluding hydrogens is 245 g/mol. The molecule has 1 aliphatic rings. The highest BCUT2D eigenvalue weighted by atomic mass is 19.1. The van der Waals surface area contributed by atoms with Gasteiger partial charge in [-0.05, 0) is 38.6 Å². The Labute approximate surface area is 113 Å². The lowest BCUT2D eigenvalue weighted by molar-refractivity contribution is 0.201. The van der Waals surface area contributed by atoms with Gasteiger partial charge in [0.15, 0.2) is 0 Å². The second-order valence-electron chi connectivity index (χ2n) is 5.57. The van der Waals surface area contributed by atoms with Gasteiger partial charge in [0, 0.05) is 18.6 Å². The number of nitrogens with zero attached hydrogens (tertiary/aromatic N) is 1. The standard InChI is InChI=1S/C14H20FN3O/c1-14(2,16-3)9-18-8-12(17-13(18)19)10-5-4-6-11(15)7-10/h4-7,12,16H,8-9H2,1-3H3,(H,17,19). The van der Waals surface area contributed by atoms with Crippen molar-refractivity contribution in [3.8, 4) is 0 Å². The Hall–Kier alpha value is -1.62. The van der Waals surface area contributed by atoms with E-state index in [-0.39, 0.29) is 23.4 Å². The molecule has 1 atom stereocenters. The van der Waals surface area contributed by atoms with Gasteiger partial charge in [-0.15, -0.1) is 0 Å². The highest BCUT2D eigenvalue weighted by molar-refractivity contribution is 5.77. The van der Waals surface area contributed by atoms with Crippen LogP contribution in [-0.2, 0) is 0 Å². The van der Waals surface area contributed by atoms with E-state index in [1.54, 1.807) is 11.0 Å². The Balaban J connectivity index is 2.07. The third-order valence-electron chi connectivity index (χ3n) is 3.50. The smallest absolute Gasteiger partial charge is 0.318 e. The van der Waals surface area contributed by atoms with Gasteiger partial charge in [0.05, 0.1) is 6.04 Å². The van der Waals surface area contributed by atoms with Crippen LogP contribution >= 0.6 is 0 Å². The molecule has 1 unspecified atom stereocenters. The highest BCUT2D eigenvalue weighted by Gasteiger charge is 2.33. The molecule has 1 aliphatic heterocycles. The molecule has 1 fully saturated rings. The first-order valence-corrected chi connectivity index (χ1v) is 6.41. The summed E-state index contributed by atoms with van der Waals surface area (Å²) < 4.78 is 13.2. The predicted molar refractivity (Wildman–Crippen MR) is 72.4 cm³/mol. The van der Waals surface area contributed by atoms with Crippen molar-refractivity contribution in [2.45, 2.75) is 25.4 Å². The normalized spacial score (nSPS) is 19.7. The van der Waals surface area contributed by atoms with Crippen molar-refractivity contribution in [3.63, 3.8) is 0 Å². The lowest BCUT2D eigenvalue weighted by Crippen LogP contribution is -2.48. The summed E-state index contributed by atoms with van der Waals surface area (Å²) >= 11 is 0. The summed E-state index contributed by atoms with van der Waals surface area (Å²) in [6.07, 6.45) is 0. The molecule has 1 aromatic rings. The zero-order chi connectivity index (χ0) is 14.0. The van der Waals surface area contributed by atoms with Crippen LogP contribution in [-0.4, -0.2) is 36.6 Å². The largest absolute Gasteiger partial charge is 0.329 e. The second kappa shape index (κ2) is 5.17. The zero-order valence-electron chi connectivity index (χ0n) is 11.5. The van der Waals surface area contributed by atoms with E-state index in [1.165, 1.54) is 12.1 Å². The molecule has 0 bridgehead atoms. The monoisotopic (exact) mass is 265 g/mol. The summed E-state index contributed by atoms with van der Waals surface area (Å²) in [6, 6.07) is 6.13. The van der Waals surface area contributed by atoms with Crippen LogP contribution in [0.15, 0.2) is 24.3 Å². The number of nitrogens with one attached hydrogen (secondary N) is 2. The fourth-order valence-electron chi connectivity index (χ4n) is 2.19. The van der Waals surface area contributed by atoms with Crippen LogP contribution in [0, 0.1) is 5.82 Å². The third kappa shape index (κ3) is 3.23. The molecule has 2 N–H and O–H groups in total. The molecule has 0 radical (unpaired) electrons. The van der Waals surface area contributed by atoms with Gasteiger partial charge < -0.3 is 15.5 Å². The van der Waals surface area contributed by atoms with Gasteiger partial charge in [0.1, 0.15) is 5.82 Å². The van der Waals surface area contributed by atoms with E-state index in [0.717, 1.165) is 5.56 Å². The molecule has 2 rings (SSSR count). The van der Waals surface area contributed by atoms with Gasteiger partial charge in [-0.3, -0.25) is 0 Å². The van der Waals surface area contributed by atoms with Gasteiger partial charge in [-0.1, -0.05) is 12.1 Å². The minimum atomic E-state index is -0.277. The minimum Gasteiger partial charge on any atom is -0.329 e. The number of carbonyl (C=O) groups excluding carboxylic acids is 1. The molecule has 104 valence electrons. The summed E-state index contributed by atoms with van der Waals surface area (Å²) in [4.78, 5) is 13.7. The first-order chi connectivity index (χ1) is 8.91. The summed E-state index contributed by atoms with van der Waals surface area (Å²) in [5, 5.41) is 6.06. The molecule has 1 heterocycles. The maximum absolute atomic E-state index is 13.2. The Bertz CT molecular complexity index is 476. The number of amides is 2. The topological polar surface area (TPSA) is 44.4 Å². The second-order valence-corrected chi connectivity index (χ2v) is 5.57. The maximum Gasteiger partial charge on any atom is 0.318 e. The van der Waals surface area contributed by atoms with Gasteiger partial charge >= 0.3 is 6.03 Å². The van der Waals surface area contributed by atoms with Crippen molar-refractivity contribution in [2.75, 3.05) is 20.1 Å². The fraction of sp³-hybridized carbons (Fsp3) is 0.500. The van der Waals surface area contributed by atoms with E-state index >= 15 is 0 Å². The quantitative estimate of drug-likeness (QED) is 0.873. The Morgan fingerprint density at radius 3 is 2.89 bits per heavy atom. The van der Waals surface area contributed by atoms with Gasteiger partial charge in [0.2, 0.25) is 0 Å². The van der Waals surface area contributed by atoms with E-state index in [2.05, 4.69) is 10.6 Å². The van der Waals surface area contributed by atoms with Crippen LogP contribution in [0.5, 0.6) is 0 Å². The van der Waals surface area contributed by atoms with Crippen LogP contribution in [0.4, 0.5) is 9.18 Å². The van der Waals surface area contributed by atoms with Crippen LogP contribution in [0.2, 0.25) is 0 Å². The van der Waals surface area contributed by atoms with Crippen LogP contribution < -0.4 is 10.6 Å². The van der Waals surface area contributed by atoms with Crippen molar-refractivity contribution >= 4 is 6.03 Å². The number of halogens is 1. The average molecular weight is 265 g/mol. The maximum atomic E-state index is 13.2. The Morgan fingerprint density at radius 2 is 2.26 bits per heavy atom. The summed E-state index contributed by atoms with van der Waals surface area (Å²) in [5.74, 6) is -0.277. The van der Waals surface area contributed by atoms with E-state index in [0.29, 0.717) is 13.1 Å². The van der Waals surface area contributed by atoms with Crippen LogP contribution in [0.1, 0.15) is 25.5 Å². The predicted octanol–water partition coefficient (Wildman–Crippen LogP) is 1.89. The van der Waals surface area contributed by atoms with E-state index in [1.807, 2.05) is 27.0 Å². The number of urea groups is 1. The first-order valence-electron chi connectivity index (χ1n) is 6.41. The average Bonchev–Trinajstić information content (AvgIpc) is 2.70. The van der Waals surface area contributed by atoms with Crippen molar-refractivity contribution < 1.29 is 9.18 Å². The molecule has 1 saturated heterocycles. The molecule has 0 aromatic heterocycles. The lowest BCUT2D eigenvalue weighted by Gasteiger charge is -2.29. The third-order valence-corrected chi connectivity index (χ3v) is 3.50. The SMILES string of the molecule is CNC(C)(C)CN1CC(c2cccc(F)c2)NC1=O. The first kappa shape index (κ1) is 13.8. The fourth-order valence-corrected chi connectivity index (χ4v) is 2.19. The number of rotatable bonds is 4. The van der Waals surface area contributed by atoms with Gasteiger partial charge in [0.25, 0.3) is 0 Å². The van der Waals surface area contributed by atoms with E-state index in [9.17, 15) is 9.18 Å². The number of hydrogen-bond acceptors (Lipinski definition) is 2. The Kier molecular flexibility index (Phi) is 3.75. The molecule has 0 spiro atoms. The number of carbonyl (C=O) groups is 1. The van der Waals surface area contributed by atoms with Crippen molar-refractivity contribution in [3.05, 3.63) is 35.6 Å². The van der Waals surface area contributed by atoms with Crippen molar-refractivity contribution in [1.82, 2.24) is 15.5 Å². The summed E-state index contributed by atoms with van der Waals surface area (Å²) in [6.45, 7) is 5.25. The van der Waals surface area contributed by atoms with Gasteiger partial charge in [-0.25, -0.2) is 9.18 Å². The van der Waals surface area contributed by atoms with E-state index < -0.39 is 0 Å². The van der Waals surface area contributed by atoms with Crippen molar-refractivity contribution in [2.24, 2.45) is 0 Å². The van der Waals surface area contributed by atoms with Crippen LogP contribution in [0.25, 0.3) is 0 Å². The molecule has 19 heavy (non-hydrogen) atoms. The molecule has 5 heteroatoms. The Morgan fingerprint density at radius 1 is 1.53 bits per heavy atom. The molecule has 2 amide bonds. The minimum absolute atomic E-state index is 0.0995.